The molecule has 12 aromatic rings. The lowest BCUT2D eigenvalue weighted by Crippen LogP contribution is -2.30. The van der Waals surface area contributed by atoms with E-state index in [1.165, 1.54) is 48.5 Å². The number of nitrogens with two attached hydrogens (primary N) is 6. The lowest BCUT2D eigenvalue weighted by atomic mass is 9.80. The van der Waals surface area contributed by atoms with Gasteiger partial charge in [-0.2, -0.15) is 5.26 Å². The summed E-state index contributed by atoms with van der Waals surface area (Å²) in [7, 11) is -1.79. The maximum Gasteiger partial charge on any atom is 0.488 e. The number of nitrogens with zero attached hydrogens (tertiary/aromatic N) is 11. The monoisotopic (exact) mass is 1900 g/mol. The van der Waals surface area contributed by atoms with Crippen LogP contribution in [-0.2, 0) is 38.6 Å². The maximum absolute atomic E-state index is 14.8. The minimum atomic E-state index is -1.79. The van der Waals surface area contributed by atoms with E-state index in [4.69, 9.17) is 84.1 Å². The van der Waals surface area contributed by atoms with E-state index < -0.39 is 48.0 Å². The first-order valence-corrected chi connectivity index (χ1v) is 43.7. The van der Waals surface area contributed by atoms with E-state index in [0.717, 1.165) is 171 Å². The van der Waals surface area contributed by atoms with Crippen LogP contribution in [0.25, 0.3) is 22.3 Å². The molecular weight excluding hydrogens is 1780 g/mol. The molecule has 18 N–H and O–H groups in total. The Kier molecular flexibility index (Phi) is 46.1. The van der Waals surface area contributed by atoms with Crippen molar-refractivity contribution in [3.8, 4) is 28.3 Å². The molecule has 4 saturated heterocycles. The molecular formula is C98H113BBrF3N18O13. The number of nitriles is 1. The number of ether oxygens (including phenoxy) is 4. The summed E-state index contributed by atoms with van der Waals surface area (Å²) in [5, 5.41) is 55.6. The SMILES string of the molecule is CC#N.Cc1cccc(/C=N/O)n1.Cc1cccc(C=O)n1.Cc1cccc(CN)n1.Cc1cccc(CN)n1.Cc1cccc(CNC(=O)c2ccc(-c3cc(C4CCOCC4)cnc3N)cc2F)n1.Nc1ccc(C2CCOCC2)cn1.Nc1ncc(C2CCOCC2)cc1-c1ccc(C(=O)O)c(F)c1.Nc1ncc(C2CCOCC2)cc1Br.O=C(O)c1ccc(B(O)O)cc1F. The molecule has 0 saturated carbocycles. The van der Waals surface area contributed by atoms with Crippen molar-refractivity contribution < 1.29 is 76.8 Å². The quantitative estimate of drug-likeness (QED) is 0.0140. The third-order valence-electron chi connectivity index (χ3n) is 20.7. The number of oxime groups is 1. The number of aromatic carboxylic acids is 2. The number of carboxylic acids is 2. The van der Waals surface area contributed by atoms with Crippen molar-refractivity contribution >= 4 is 82.1 Å². The highest BCUT2D eigenvalue weighted by atomic mass is 79.9. The van der Waals surface area contributed by atoms with Crippen LogP contribution >= 0.6 is 15.9 Å². The Morgan fingerprint density at radius 1 is 0.478 bits per heavy atom. The molecule has 4 aliphatic heterocycles. The number of hydrogen-bond donors (Lipinski definition) is 12. The molecule has 4 aliphatic rings. The second-order valence-electron chi connectivity index (χ2n) is 30.6. The minimum Gasteiger partial charge on any atom is -0.478 e. The second kappa shape index (κ2) is 57.5. The van der Waals surface area contributed by atoms with Gasteiger partial charge < -0.3 is 84.1 Å². The number of rotatable bonds is 16. The van der Waals surface area contributed by atoms with Crippen molar-refractivity contribution in [1.29, 1.82) is 5.26 Å². The Hall–Kier alpha value is -13.7. The van der Waals surface area contributed by atoms with Gasteiger partial charge in [0, 0.05) is 137 Å². The van der Waals surface area contributed by atoms with Crippen LogP contribution in [-0.4, -0.2) is 161 Å². The van der Waals surface area contributed by atoms with Crippen LogP contribution in [0.4, 0.5) is 36.4 Å². The molecule has 16 rings (SSSR count). The number of carbonyl (C=O) groups is 4. The first-order valence-electron chi connectivity index (χ1n) is 42.9. The maximum atomic E-state index is 14.8. The first kappa shape index (κ1) is 107. The Bertz CT molecular complexity index is 5770. The summed E-state index contributed by atoms with van der Waals surface area (Å²) in [5.74, 6) is -1.90. The van der Waals surface area contributed by atoms with E-state index in [1.54, 1.807) is 42.7 Å². The minimum absolute atomic E-state index is 0.0245. The molecule has 9 aromatic heterocycles. The fraction of sp³-hybridized carbons (Fsp3) is 0.296. The predicted molar refractivity (Wildman–Crippen MR) is 512 cm³/mol. The van der Waals surface area contributed by atoms with E-state index in [2.05, 4.69) is 83.4 Å². The van der Waals surface area contributed by atoms with Crippen LogP contribution in [0.3, 0.4) is 0 Å². The van der Waals surface area contributed by atoms with Gasteiger partial charge in [0.05, 0.1) is 62.8 Å². The number of aromatic nitrogens is 9. The van der Waals surface area contributed by atoms with Crippen molar-refractivity contribution in [3.63, 3.8) is 0 Å². The number of nitrogen functional groups attached to an aromatic ring is 4. The molecule has 0 atom stereocenters. The molecule has 0 radical (unpaired) electrons. The third kappa shape index (κ3) is 36.8. The lowest BCUT2D eigenvalue weighted by Gasteiger charge is -2.22. The number of aldehydes is 1. The summed E-state index contributed by atoms with van der Waals surface area (Å²) in [6.07, 6.45) is 17.4. The van der Waals surface area contributed by atoms with Gasteiger partial charge in [0.1, 0.15) is 46.4 Å². The van der Waals surface area contributed by atoms with Crippen molar-refractivity contribution in [1.82, 2.24) is 50.2 Å². The highest BCUT2D eigenvalue weighted by molar-refractivity contribution is 9.10. The van der Waals surface area contributed by atoms with Gasteiger partial charge >= 0.3 is 19.1 Å². The van der Waals surface area contributed by atoms with Crippen LogP contribution in [0.2, 0.25) is 0 Å². The molecule has 3 aromatic carbocycles. The van der Waals surface area contributed by atoms with Crippen LogP contribution in [0.15, 0.2) is 210 Å². The molecule has 13 heterocycles. The summed E-state index contributed by atoms with van der Waals surface area (Å²) in [6, 6.07) is 51.1. The fourth-order valence-electron chi connectivity index (χ4n) is 13.7. The molecule has 1 amide bonds. The topological polar surface area (TPSA) is 527 Å². The van der Waals surface area contributed by atoms with Gasteiger partial charge in [-0.3, -0.25) is 34.5 Å². The smallest absolute Gasteiger partial charge is 0.478 e. The standard InChI is InChI=1S/C24H25FN4O2.C17H17FN2O3.C10H13BrN2O.C10H14N2O.C7H6BFO4.C7H8N2O.2C7H10N2.C7H7NO.C2H3N/c1-15-3-2-4-19(29-15)14-28-24(30)20-6-5-17(12-22(20)25)21-11-18(13-27-23(21)26)16-7-9-31-10-8-16;18-15-8-11(1-2-13(15)17(21)22)14-7-12(9-20-16(14)19)10-3-5-23-6-4-10;11-9-5-8(6-13-10(9)12)7-1-3-14-4-2-7;11-10-2-1-9(7-12-10)8-3-5-13-6-4-8;9-6-3-4(8(12)13)1-2-5(6)7(10)11;1-6-3-2-4-7(9-6)5-8-10;2*1-6-3-2-4-7(5-8)9-6;1-6-3-2-4-7(5-9)8-6;1-2-3/h2-6,11-13,16H,7-10,14H2,1H3,(H2,26,27)(H,28,30);1-2,7-10H,3-6H2,(H2,19,20)(H,21,22);5-7H,1-4H2,(H2,12,13);1-2,7-8H,3-6H2,(H2,11,12);1-3,12-13H,(H,10,11);2-5,10H,1H3;2*2-4H,5,8H2,1H3;2-5H,1H3;1H3/b;;;;;8-5+;;;;. The molecule has 134 heavy (non-hydrogen) atoms. The Balaban J connectivity index is 0.000000213. The van der Waals surface area contributed by atoms with E-state index in [9.17, 15) is 32.3 Å². The molecule has 0 unspecified atom stereocenters. The van der Waals surface area contributed by atoms with Gasteiger partial charge in [0.25, 0.3) is 5.91 Å². The molecule has 36 heteroatoms. The number of benzene rings is 3. The number of carbonyl (C=O) groups excluding carboxylic acids is 2. The predicted octanol–water partition coefficient (Wildman–Crippen LogP) is 14.8. The zero-order valence-electron chi connectivity index (χ0n) is 75.4. The van der Waals surface area contributed by atoms with Gasteiger partial charge in [0.15, 0.2) is 6.29 Å². The second-order valence-corrected chi connectivity index (χ2v) is 31.5. The summed E-state index contributed by atoms with van der Waals surface area (Å²) in [6.45, 7) is 18.6. The first-order chi connectivity index (χ1) is 64.4. The zero-order chi connectivity index (χ0) is 97.4. The summed E-state index contributed by atoms with van der Waals surface area (Å²) < 4.78 is 63.9. The van der Waals surface area contributed by atoms with E-state index in [-0.39, 0.29) is 23.1 Å². The number of hydrogen-bond acceptors (Lipinski definition) is 28. The van der Waals surface area contributed by atoms with Crippen LogP contribution < -0.4 is 45.2 Å². The van der Waals surface area contributed by atoms with E-state index in [0.29, 0.717) is 113 Å². The Labute approximate surface area is 785 Å². The van der Waals surface area contributed by atoms with Gasteiger partial charge in [-0.15, -0.1) is 0 Å². The average molecular weight is 1900 g/mol. The van der Waals surface area contributed by atoms with Gasteiger partial charge in [-0.25, -0.2) is 42.7 Å². The average Bonchev–Trinajstić information content (AvgIpc) is 0.805. The van der Waals surface area contributed by atoms with Gasteiger partial charge in [0.2, 0.25) is 0 Å². The Morgan fingerprint density at radius 3 is 1.19 bits per heavy atom. The summed E-state index contributed by atoms with van der Waals surface area (Å²) in [4.78, 5) is 81.2. The number of carboxylic acid groups (broad SMARTS) is 2. The largest absolute Gasteiger partial charge is 0.488 e. The number of anilines is 4. The number of amides is 1. The molecule has 0 bridgehead atoms. The molecule has 0 aliphatic carbocycles. The number of pyridine rings is 9. The molecule has 704 valence electrons. The van der Waals surface area contributed by atoms with Crippen molar-refractivity contribution in [2.45, 2.75) is 136 Å². The number of aryl methyl sites for hydroxylation is 5. The van der Waals surface area contributed by atoms with E-state index >= 15 is 0 Å². The van der Waals surface area contributed by atoms with Crippen molar-refractivity contribution in [2.75, 3.05) is 75.8 Å². The van der Waals surface area contributed by atoms with E-state index in [1.807, 2.05) is 144 Å². The zero-order valence-corrected chi connectivity index (χ0v) is 77.0. The fourth-order valence-corrected chi connectivity index (χ4v) is 14.0. The van der Waals surface area contributed by atoms with Crippen LogP contribution in [0.5, 0.6) is 0 Å². The molecule has 4 fully saturated rings. The normalized spacial score (nSPS) is 13.4. The highest BCUT2D eigenvalue weighted by Gasteiger charge is 2.24. The van der Waals surface area contributed by atoms with Crippen LogP contribution in [0, 0.1) is 63.4 Å². The lowest BCUT2D eigenvalue weighted by molar-refractivity contribution is 0.0680. The highest BCUT2D eigenvalue weighted by Crippen LogP contribution is 2.36. The van der Waals surface area contributed by atoms with Crippen molar-refractivity contribution in [2.24, 2.45) is 16.6 Å². The van der Waals surface area contributed by atoms with Gasteiger partial charge in [-0.1, -0.05) is 59.8 Å². The third-order valence-corrected chi connectivity index (χ3v) is 21.4. The molecule has 0 spiro atoms. The summed E-state index contributed by atoms with van der Waals surface area (Å²) in [5.41, 5.74) is 48.4. The molecule has 31 nitrogen and oxygen atoms in total. The van der Waals surface area contributed by atoms with Crippen molar-refractivity contribution in [3.05, 3.63) is 319 Å². The summed E-state index contributed by atoms with van der Waals surface area (Å²) >= 11 is 3.39. The van der Waals surface area contributed by atoms with Gasteiger partial charge in [-0.05, 0) is 286 Å². The number of halogens is 4. The Morgan fingerprint density at radius 2 is 0.836 bits per heavy atom. The number of nitrogens with one attached hydrogen (secondary N) is 1. The van der Waals surface area contributed by atoms with Crippen LogP contribution in [0.1, 0.15) is 197 Å².